The van der Waals surface area contributed by atoms with Gasteiger partial charge >= 0.3 is 0 Å². The van der Waals surface area contributed by atoms with Crippen LogP contribution in [-0.2, 0) is 6.42 Å². The summed E-state index contributed by atoms with van der Waals surface area (Å²) in [6, 6.07) is 30.5. The molecule has 8 aromatic carbocycles. The Kier molecular flexibility index (Phi) is 5.78. The Balaban J connectivity index is 1.58. The number of hydrogen-bond donors (Lipinski definition) is 0. The minimum atomic E-state index is -0.186. The zero-order chi connectivity index (χ0) is 31.4. The van der Waals surface area contributed by atoms with Crippen molar-refractivity contribution in [1.29, 1.82) is 0 Å². The number of hydrogen-bond acceptors (Lipinski definition) is 2. The van der Waals surface area contributed by atoms with E-state index >= 15 is 0 Å². The van der Waals surface area contributed by atoms with Gasteiger partial charge in [0.1, 0.15) is 0 Å². The van der Waals surface area contributed by atoms with E-state index in [2.05, 4.69) is 98.8 Å². The average Bonchev–Trinajstić information content (AvgIpc) is 3.58. The fraction of sp³-hybridized carbons (Fsp3) is 0.209. The predicted octanol–water partition coefficient (Wildman–Crippen LogP) is 10.8. The second-order valence-corrected chi connectivity index (χ2v) is 13.3. The Hall–Kier alpha value is -5.02. The molecule has 3 heteroatoms. The number of benzene rings is 7. The quantitative estimate of drug-likeness (QED) is 0.171. The molecule has 1 atom stereocenters. The number of nitrogens with zero attached hydrogens (tertiary/aromatic N) is 1. The maximum Gasteiger partial charge on any atom is 0.262 e. The van der Waals surface area contributed by atoms with E-state index in [1.165, 1.54) is 53.6 Å². The van der Waals surface area contributed by atoms with Gasteiger partial charge in [0.25, 0.3) is 11.1 Å². The van der Waals surface area contributed by atoms with E-state index in [-0.39, 0.29) is 17.2 Å². The van der Waals surface area contributed by atoms with Gasteiger partial charge in [-0.3, -0.25) is 14.2 Å². The number of aryl methyl sites for hydroxylation is 2. The van der Waals surface area contributed by atoms with Gasteiger partial charge in [-0.1, -0.05) is 93.1 Å². The van der Waals surface area contributed by atoms with Gasteiger partial charge in [0.2, 0.25) is 0 Å². The maximum absolute atomic E-state index is 14.5. The van der Waals surface area contributed by atoms with Crippen LogP contribution >= 0.6 is 0 Å². The molecule has 0 amide bonds. The summed E-state index contributed by atoms with van der Waals surface area (Å²) in [7, 11) is 0. The highest BCUT2D eigenvalue weighted by atomic mass is 16.2. The Morgan fingerprint density at radius 3 is 1.72 bits per heavy atom. The lowest BCUT2D eigenvalue weighted by molar-refractivity contribution is 0.510. The average molecular weight is 598 g/mol. The third kappa shape index (κ3) is 3.38. The molecule has 1 unspecified atom stereocenters. The van der Waals surface area contributed by atoms with Crippen LogP contribution in [0.15, 0.2) is 94.5 Å². The molecular formula is C43H35NO2. The summed E-state index contributed by atoms with van der Waals surface area (Å²) in [6.45, 7) is 8.41. The highest BCUT2D eigenvalue weighted by Crippen LogP contribution is 2.54. The zero-order valence-corrected chi connectivity index (χ0v) is 26.8. The largest absolute Gasteiger partial charge is 0.271 e. The van der Waals surface area contributed by atoms with Gasteiger partial charge in [0, 0.05) is 6.04 Å². The molecule has 224 valence electrons. The van der Waals surface area contributed by atoms with Crippen LogP contribution in [0.25, 0.3) is 86.9 Å². The van der Waals surface area contributed by atoms with Gasteiger partial charge in [-0.25, -0.2) is 0 Å². The summed E-state index contributed by atoms with van der Waals surface area (Å²) in [5.74, 6) is 0. The van der Waals surface area contributed by atoms with Crippen molar-refractivity contribution in [3.05, 3.63) is 117 Å². The Labute approximate surface area is 267 Å². The van der Waals surface area contributed by atoms with Crippen LogP contribution in [0, 0.1) is 6.92 Å². The molecule has 46 heavy (non-hydrogen) atoms. The molecule has 3 nitrogen and oxygen atoms in total. The fourth-order valence-electron chi connectivity index (χ4n) is 8.48. The van der Waals surface area contributed by atoms with Gasteiger partial charge in [-0.05, 0) is 132 Å². The number of aromatic nitrogens is 1. The molecular weight excluding hydrogens is 562 g/mol. The molecule has 0 aliphatic heterocycles. The second kappa shape index (κ2) is 9.74. The van der Waals surface area contributed by atoms with Crippen molar-refractivity contribution < 1.29 is 0 Å². The summed E-state index contributed by atoms with van der Waals surface area (Å²) < 4.78 is 1.52. The predicted molar refractivity (Wildman–Crippen MR) is 196 cm³/mol. The first-order valence-electron chi connectivity index (χ1n) is 16.7. The van der Waals surface area contributed by atoms with Crippen LogP contribution in [0.2, 0.25) is 0 Å². The monoisotopic (exact) mass is 597 g/mol. The van der Waals surface area contributed by atoms with E-state index in [0.29, 0.717) is 17.2 Å². The van der Waals surface area contributed by atoms with E-state index in [1.54, 1.807) is 0 Å². The minimum Gasteiger partial charge on any atom is -0.271 e. The van der Waals surface area contributed by atoms with Crippen LogP contribution in [0.1, 0.15) is 57.2 Å². The number of unbranched alkanes of at least 4 members (excludes halogenated alkanes) is 1. The van der Waals surface area contributed by atoms with Gasteiger partial charge < -0.3 is 0 Å². The standard InChI is InChI=1S/C43H35NO2/c1-5-7-13-25-14-9-11-16-28(25)32-22-34-39-37-30(32)20-18-26-17-19-29-31(27-15-10-8-12-23(27)3)21-33(38(39)36(29)35(26)37)40-41(34)43(46)44(42(40)45)24(4)6-2/h8-12,14-22,24H,5-7,13H2,1-4H3. The lowest BCUT2D eigenvalue weighted by Gasteiger charge is -2.15. The highest BCUT2D eigenvalue weighted by molar-refractivity contribution is 6.50. The summed E-state index contributed by atoms with van der Waals surface area (Å²) in [6.07, 6.45) is 3.95. The Morgan fingerprint density at radius 1 is 0.587 bits per heavy atom. The normalized spacial score (nSPS) is 13.2. The van der Waals surface area contributed by atoms with Crippen molar-refractivity contribution in [2.24, 2.45) is 0 Å². The van der Waals surface area contributed by atoms with Crippen LogP contribution in [0.5, 0.6) is 0 Å². The van der Waals surface area contributed by atoms with Crippen molar-refractivity contribution in [2.45, 2.75) is 59.4 Å². The van der Waals surface area contributed by atoms with Crippen LogP contribution < -0.4 is 11.1 Å². The number of rotatable bonds is 7. The molecule has 0 aliphatic rings. The van der Waals surface area contributed by atoms with Crippen molar-refractivity contribution in [3.63, 3.8) is 0 Å². The van der Waals surface area contributed by atoms with Crippen molar-refractivity contribution >= 4 is 64.6 Å². The van der Waals surface area contributed by atoms with Crippen molar-refractivity contribution in [2.75, 3.05) is 0 Å². The molecule has 0 radical (unpaired) electrons. The molecule has 0 saturated heterocycles. The summed E-state index contributed by atoms with van der Waals surface area (Å²) in [5, 5.41) is 12.5. The van der Waals surface area contributed by atoms with Gasteiger partial charge in [0.05, 0.1) is 10.8 Å². The highest BCUT2D eigenvalue weighted by Gasteiger charge is 2.30. The second-order valence-electron chi connectivity index (χ2n) is 13.3. The molecule has 0 bridgehead atoms. The molecule has 0 aliphatic carbocycles. The van der Waals surface area contributed by atoms with Crippen LogP contribution in [0.4, 0.5) is 0 Å². The Bertz CT molecular complexity index is 2730. The lowest BCUT2D eigenvalue weighted by atomic mass is 9.87. The summed E-state index contributed by atoms with van der Waals surface area (Å²) >= 11 is 0. The summed E-state index contributed by atoms with van der Waals surface area (Å²) in [4.78, 5) is 29.0. The van der Waals surface area contributed by atoms with Crippen LogP contribution in [0.3, 0.4) is 0 Å². The van der Waals surface area contributed by atoms with E-state index in [0.717, 1.165) is 57.5 Å². The topological polar surface area (TPSA) is 39.1 Å². The third-order valence-corrected chi connectivity index (χ3v) is 10.9. The third-order valence-electron chi connectivity index (χ3n) is 10.9. The maximum atomic E-state index is 14.5. The van der Waals surface area contributed by atoms with Crippen molar-refractivity contribution in [1.82, 2.24) is 4.57 Å². The van der Waals surface area contributed by atoms with E-state index in [1.807, 2.05) is 13.8 Å². The molecule has 0 spiro atoms. The van der Waals surface area contributed by atoms with Crippen molar-refractivity contribution in [3.8, 4) is 22.3 Å². The molecule has 0 fully saturated rings. The number of fused-ring (bicyclic) bond motifs is 3. The zero-order valence-electron chi connectivity index (χ0n) is 26.8. The molecule has 9 rings (SSSR count). The molecule has 0 saturated carbocycles. The SMILES string of the molecule is CCCCc1ccccc1-c1cc2c3c(=O)n(C(C)CC)c(=O)c3c3cc(-c4ccccc4C)c4ccc5ccc1c1c5c4c3c21. The van der Waals surface area contributed by atoms with E-state index < -0.39 is 0 Å². The summed E-state index contributed by atoms with van der Waals surface area (Å²) in [5.41, 5.74) is 6.80. The van der Waals surface area contributed by atoms with E-state index in [9.17, 15) is 9.59 Å². The molecule has 0 N–H and O–H groups in total. The molecule has 9 aromatic rings. The Morgan fingerprint density at radius 2 is 1.13 bits per heavy atom. The smallest absolute Gasteiger partial charge is 0.262 e. The molecule has 1 heterocycles. The lowest BCUT2D eigenvalue weighted by Crippen LogP contribution is -2.28. The molecule has 1 aromatic heterocycles. The fourth-order valence-corrected chi connectivity index (χ4v) is 8.48. The van der Waals surface area contributed by atoms with Gasteiger partial charge in [-0.15, -0.1) is 0 Å². The first kappa shape index (κ1) is 27.3. The first-order valence-corrected chi connectivity index (χ1v) is 16.7. The van der Waals surface area contributed by atoms with E-state index in [4.69, 9.17) is 0 Å². The van der Waals surface area contributed by atoms with Gasteiger partial charge in [-0.2, -0.15) is 0 Å². The minimum absolute atomic E-state index is 0.165. The van der Waals surface area contributed by atoms with Crippen LogP contribution in [-0.4, -0.2) is 4.57 Å². The van der Waals surface area contributed by atoms with Gasteiger partial charge in [0.15, 0.2) is 0 Å². The first-order chi connectivity index (χ1) is 22.4.